The fourth-order valence-corrected chi connectivity index (χ4v) is 3.01. The molecule has 0 unspecified atom stereocenters. The Balaban J connectivity index is -0.0000000925. The molecule has 4 heterocycles. The number of carbonyl (C=O) groups excluding carboxylic acids is 1. The molecule has 4 aromatic heterocycles. The van der Waals surface area contributed by atoms with Crippen LogP contribution in [0, 0.1) is 34.0 Å². The van der Waals surface area contributed by atoms with Gasteiger partial charge in [0, 0.05) is 31.9 Å². The molecule has 4 rings (SSSR count). The van der Waals surface area contributed by atoms with Crippen LogP contribution < -0.4 is 48.9 Å². The predicted octanol–water partition coefficient (Wildman–Crippen LogP) is 3.87. The van der Waals surface area contributed by atoms with Crippen molar-refractivity contribution in [1.82, 2.24) is 19.9 Å². The number of pyridine rings is 4. The van der Waals surface area contributed by atoms with Crippen LogP contribution in [0.4, 0.5) is 0 Å². The van der Waals surface area contributed by atoms with E-state index >= 15 is 0 Å². The monoisotopic (exact) mass is 761 g/mol. The molecule has 4 aromatic rings. The zero-order valence-corrected chi connectivity index (χ0v) is 29.9. The van der Waals surface area contributed by atoms with Gasteiger partial charge in [0.2, 0.25) is 17.6 Å². The van der Waals surface area contributed by atoms with Crippen LogP contribution in [0.1, 0.15) is 56.8 Å². The number of aliphatic hydroxyl groups excluding tert-OH is 1. The molecule has 0 aromatic carbocycles. The van der Waals surface area contributed by atoms with Gasteiger partial charge in [-0.2, -0.15) is 22.9 Å². The smallest absolute Gasteiger partial charge is 0.857 e. The largest absolute Gasteiger partial charge is 1.00 e. The number of carbonyl (C=O) groups is 1. The van der Waals surface area contributed by atoms with Gasteiger partial charge >= 0.3 is 29.6 Å². The van der Waals surface area contributed by atoms with Crippen molar-refractivity contribution < 1.29 is 58.8 Å². The van der Waals surface area contributed by atoms with Gasteiger partial charge < -0.3 is 24.4 Å². The molecule has 0 aliphatic carbocycles. The third kappa shape index (κ3) is 22.5. The molecule has 0 aliphatic rings. The average Bonchev–Trinajstić information content (AvgIpc) is 3.10. The fourth-order valence-electron chi connectivity index (χ4n) is 2.49. The Morgan fingerprint density at radius 1 is 0.660 bits per heavy atom. The van der Waals surface area contributed by atoms with Crippen LogP contribution in [-0.4, -0.2) is 66.9 Å². The zero-order valence-electron chi connectivity index (χ0n) is 25.6. The van der Waals surface area contributed by atoms with Crippen LogP contribution in [0.2, 0.25) is 15.2 Å². The van der Waals surface area contributed by atoms with Gasteiger partial charge in [-0.3, -0.25) is 4.79 Å². The summed E-state index contributed by atoms with van der Waals surface area (Å²) < 4.78 is 14.4. The van der Waals surface area contributed by atoms with Crippen molar-refractivity contribution in [2.75, 3.05) is 35.5 Å². The van der Waals surface area contributed by atoms with Crippen molar-refractivity contribution in [3.63, 3.8) is 0 Å². The Morgan fingerprint density at radius 3 is 1.42 bits per heavy atom. The van der Waals surface area contributed by atoms with Gasteiger partial charge in [0.1, 0.15) is 34.5 Å². The number of aromatic nitrogens is 4. The topological polar surface area (TPSA) is 211 Å². The van der Waals surface area contributed by atoms with Crippen molar-refractivity contribution in [3.8, 4) is 35.8 Å². The van der Waals surface area contributed by atoms with Gasteiger partial charge in [0.05, 0.1) is 42.5 Å². The normalized spacial score (nSPS) is 7.42. The molecule has 0 saturated carbocycles. The molecule has 50 heavy (non-hydrogen) atoms. The molecule has 0 saturated heterocycles. The summed E-state index contributed by atoms with van der Waals surface area (Å²) in [7, 11) is 6.12. The Kier molecular flexibility index (Phi) is 48.2. The van der Waals surface area contributed by atoms with E-state index in [2.05, 4.69) is 19.9 Å². The first kappa shape index (κ1) is 61.2. The van der Waals surface area contributed by atoms with E-state index in [9.17, 15) is 4.79 Å². The van der Waals surface area contributed by atoms with Gasteiger partial charge in [-0.15, -0.1) is 0 Å². The maximum Gasteiger partial charge on any atom is 1.00 e. The van der Waals surface area contributed by atoms with Gasteiger partial charge in [-0.1, -0.05) is 64.5 Å². The summed E-state index contributed by atoms with van der Waals surface area (Å²) >= 11 is 16.8. The Labute approximate surface area is 333 Å². The standard InChI is InChI=1S/C7H5ClN2O.C7H6ClNO2.C7H6N2O.C6H3ClN2.CH4O.CH3O.4CH4.Na/c1-11-7-5(4-9)6(8)2-3-10-7;1-11-7-5(4-10)6(8)2-3-9-7;1-10-7-6(5-8)3-2-4-9-7;7-6-5(4-8)2-1-3-9-6;2*1-2;;;;;/h2-3H,1H3;2-4H,1H3;2-4H,1H3;1-3H;2H,1H3;1H3;4*1H4;/q;;;;;-1;;;;;+1. The molecule has 0 atom stereocenters. The molecule has 0 spiro atoms. The zero-order chi connectivity index (χ0) is 34.6. The SMILES string of the molecule is C.C.C.C.CO.COc1nccc(Cl)c1C#N.COc1nccc(Cl)c1C=O.COc1ncccc1C#N.C[O-].N#Cc1cccnc1Cl.[Na+]. The van der Waals surface area contributed by atoms with Gasteiger partial charge in [-0.05, 0) is 36.4 Å². The second-order valence-electron chi connectivity index (χ2n) is 6.75. The number of nitriles is 3. The summed E-state index contributed by atoms with van der Waals surface area (Å²) in [5, 5.41) is 41.6. The number of aliphatic hydroxyl groups is 1. The number of ether oxygens (including phenoxy) is 3. The molecular formula is C33H43Cl3N7NaO6. The molecule has 0 fully saturated rings. The molecular weight excluding hydrogens is 720 g/mol. The van der Waals surface area contributed by atoms with Crippen molar-refractivity contribution in [1.29, 1.82) is 15.8 Å². The van der Waals surface area contributed by atoms with Crippen LogP contribution in [-0.2, 0) is 0 Å². The Morgan fingerprint density at radius 2 is 1.08 bits per heavy atom. The van der Waals surface area contributed by atoms with Crippen LogP contribution in [0.15, 0.2) is 61.2 Å². The Bertz CT molecular complexity index is 1580. The number of hydrogen-bond donors (Lipinski definition) is 1. The summed E-state index contributed by atoms with van der Waals surface area (Å²) in [5.74, 6) is 0.900. The van der Waals surface area contributed by atoms with E-state index in [1.165, 1.54) is 39.8 Å². The maximum atomic E-state index is 10.4. The van der Waals surface area contributed by atoms with Gasteiger partial charge in [0.15, 0.2) is 6.29 Å². The number of halogens is 3. The maximum absolute atomic E-state index is 10.4. The summed E-state index contributed by atoms with van der Waals surface area (Å²) in [6.07, 6.45) is 6.72. The van der Waals surface area contributed by atoms with Crippen LogP contribution >= 0.6 is 34.8 Å². The average molecular weight is 763 g/mol. The van der Waals surface area contributed by atoms with Crippen LogP contribution in [0.25, 0.3) is 0 Å². The molecule has 0 aliphatic heterocycles. The van der Waals surface area contributed by atoms with E-state index < -0.39 is 0 Å². The molecule has 1 N–H and O–H groups in total. The molecule has 0 radical (unpaired) electrons. The summed E-state index contributed by atoms with van der Waals surface area (Å²) in [5.41, 5.74) is 1.44. The number of hydrogen-bond acceptors (Lipinski definition) is 13. The quantitative estimate of drug-likeness (QED) is 0.178. The Hall–Kier alpha value is -4.07. The first-order valence-electron chi connectivity index (χ1n) is 11.8. The summed E-state index contributed by atoms with van der Waals surface area (Å²) in [4.78, 5) is 25.5. The van der Waals surface area contributed by atoms with Gasteiger partial charge in [-0.25, -0.2) is 19.9 Å². The van der Waals surface area contributed by atoms with E-state index in [1.807, 2.05) is 18.2 Å². The van der Waals surface area contributed by atoms with Gasteiger partial charge in [0.25, 0.3) is 0 Å². The minimum Gasteiger partial charge on any atom is -0.857 e. The summed E-state index contributed by atoms with van der Waals surface area (Å²) in [6, 6.07) is 15.5. The molecule has 0 bridgehead atoms. The van der Waals surface area contributed by atoms with E-state index in [1.54, 1.807) is 42.7 Å². The van der Waals surface area contributed by atoms with Crippen molar-refractivity contribution in [2.45, 2.75) is 29.7 Å². The summed E-state index contributed by atoms with van der Waals surface area (Å²) in [6.45, 7) is 0. The van der Waals surface area contributed by atoms with Crippen molar-refractivity contribution in [2.24, 2.45) is 0 Å². The first-order valence-corrected chi connectivity index (χ1v) is 12.9. The van der Waals surface area contributed by atoms with Crippen LogP contribution in [0.5, 0.6) is 17.6 Å². The number of methoxy groups -OCH3 is 3. The first-order chi connectivity index (χ1) is 21.8. The number of aldehydes is 1. The minimum atomic E-state index is 0. The minimum absolute atomic E-state index is 0. The molecule has 17 heteroatoms. The number of rotatable bonds is 4. The van der Waals surface area contributed by atoms with E-state index in [0.29, 0.717) is 33.3 Å². The van der Waals surface area contributed by atoms with E-state index in [0.717, 1.165) is 14.2 Å². The molecule has 13 nitrogen and oxygen atoms in total. The van der Waals surface area contributed by atoms with Crippen molar-refractivity contribution in [3.05, 3.63) is 98.6 Å². The second kappa shape index (κ2) is 39.4. The van der Waals surface area contributed by atoms with Crippen molar-refractivity contribution >= 4 is 41.1 Å². The van der Waals surface area contributed by atoms with E-state index in [4.69, 9.17) is 75.0 Å². The number of nitrogens with zero attached hydrogens (tertiary/aromatic N) is 7. The second-order valence-corrected chi connectivity index (χ2v) is 7.92. The fraction of sp³-hybridized carbons (Fsp3) is 0.273. The third-order valence-corrected chi connectivity index (χ3v) is 5.29. The predicted molar refractivity (Wildman–Crippen MR) is 192 cm³/mol. The van der Waals surface area contributed by atoms with Crippen LogP contribution in [0.3, 0.4) is 0 Å². The molecule has 268 valence electrons. The molecule has 0 amide bonds. The van der Waals surface area contributed by atoms with E-state index in [-0.39, 0.29) is 87.3 Å². The third-order valence-electron chi connectivity index (χ3n) is 4.35.